The zero-order valence-corrected chi connectivity index (χ0v) is 19.8. The molecule has 0 atom stereocenters. The molecule has 0 aromatic rings. The third kappa shape index (κ3) is 324. The first kappa shape index (κ1) is 33.4. The van der Waals surface area contributed by atoms with Crippen molar-refractivity contribution >= 4 is 0 Å². The van der Waals surface area contributed by atoms with Crippen LogP contribution < -0.4 is 153 Å². The molecule has 0 aliphatic rings. The molecular formula is H8I2K2NiO12. The van der Waals surface area contributed by atoms with Gasteiger partial charge in [-0.1, -0.05) is 0 Å². The summed E-state index contributed by atoms with van der Waals surface area (Å²) in [6.45, 7) is 0. The first-order chi connectivity index (χ1) is 4.90. The molecule has 0 amide bonds. The van der Waals surface area contributed by atoms with E-state index in [4.69, 9.17) is 41.2 Å². The molecule has 17 heavy (non-hydrogen) atoms. The van der Waals surface area contributed by atoms with Gasteiger partial charge in [-0.15, -0.1) is 0 Å². The molecule has 17 heteroatoms. The van der Waals surface area contributed by atoms with E-state index in [9.17, 15) is 0 Å². The SMILES string of the molecule is [K+].[K+].[Ni].[O-][I+]([O-])(O)(O)(O)O.[O-][I+]([O-])(O)(O)(O)O. The van der Waals surface area contributed by atoms with Gasteiger partial charge in [-0.05, 0) is 0 Å². The van der Waals surface area contributed by atoms with Crippen LogP contribution in [-0.4, -0.2) is 27.5 Å². The molecule has 0 spiro atoms. The summed E-state index contributed by atoms with van der Waals surface area (Å²) in [6, 6.07) is 0. The molecule has 0 saturated carbocycles. The normalized spacial score (nSPS) is 19.1. The molecule has 0 heterocycles. The van der Waals surface area contributed by atoms with Gasteiger partial charge in [0.2, 0.25) is 0 Å². The Labute approximate surface area is 191 Å². The Morgan fingerprint density at radius 3 is 0.471 bits per heavy atom. The van der Waals surface area contributed by atoms with Gasteiger partial charge < -0.3 is 0 Å². The fraction of sp³-hybridized carbons (Fsp3) is 0. The van der Waals surface area contributed by atoms with E-state index < -0.39 is 36.3 Å². The van der Waals surface area contributed by atoms with Crippen molar-refractivity contribution in [2.24, 2.45) is 0 Å². The Morgan fingerprint density at radius 2 is 0.471 bits per heavy atom. The first-order valence-corrected chi connectivity index (χ1v) is 13.2. The summed E-state index contributed by atoms with van der Waals surface area (Å²) in [4.78, 5) is 0. The van der Waals surface area contributed by atoms with Gasteiger partial charge in [-0.25, -0.2) is 0 Å². The number of hydrogen-bond acceptors (Lipinski definition) is 12. The van der Waals surface area contributed by atoms with Crippen molar-refractivity contribution in [3.05, 3.63) is 0 Å². The van der Waals surface area contributed by atoms with Gasteiger partial charge in [0.25, 0.3) is 0 Å². The fourth-order valence-corrected chi connectivity index (χ4v) is 0. The molecule has 8 N–H and O–H groups in total. The maximum atomic E-state index is 9.11. The molecule has 0 saturated heterocycles. The molecule has 0 bridgehead atoms. The van der Waals surface area contributed by atoms with Gasteiger partial charge >= 0.3 is 180 Å². The van der Waals surface area contributed by atoms with Gasteiger partial charge in [0.1, 0.15) is 0 Å². The van der Waals surface area contributed by atoms with E-state index in [-0.39, 0.29) is 119 Å². The van der Waals surface area contributed by atoms with Gasteiger partial charge in [0.05, 0.1) is 0 Å². The monoisotopic (exact) mass is 590 g/mol. The summed E-state index contributed by atoms with van der Waals surface area (Å²) in [6.07, 6.45) is 0. The van der Waals surface area contributed by atoms with Crippen LogP contribution in [0.5, 0.6) is 0 Å². The van der Waals surface area contributed by atoms with E-state index in [1.54, 1.807) is 0 Å². The Morgan fingerprint density at radius 1 is 0.471 bits per heavy atom. The number of halogens is 2. The van der Waals surface area contributed by atoms with Crippen LogP contribution in [0.3, 0.4) is 0 Å². The Kier molecular flexibility index (Phi) is 13.2. The van der Waals surface area contributed by atoms with Crippen molar-refractivity contribution in [2.75, 3.05) is 0 Å². The standard InChI is InChI=1S/2H4IO6.2K.Ni/c2*2-1(3,4,5,6)7;;;/h2*2-5H;;;/q2*-1;2*+1;. The summed E-state index contributed by atoms with van der Waals surface area (Å²) in [7, 11) is 0. The third-order valence-electron chi connectivity index (χ3n) is 0. The molecule has 0 aromatic heterocycles. The van der Waals surface area contributed by atoms with Gasteiger partial charge in [-0.3, -0.25) is 0 Å². The van der Waals surface area contributed by atoms with Crippen molar-refractivity contribution in [1.29, 1.82) is 0 Å². The quantitative estimate of drug-likeness (QED) is 0.0967. The zero-order chi connectivity index (χ0) is 12.8. The van der Waals surface area contributed by atoms with E-state index in [2.05, 4.69) is 0 Å². The summed E-state index contributed by atoms with van der Waals surface area (Å²) in [5.74, 6) is 0. The second kappa shape index (κ2) is 6.70. The molecule has 106 valence electrons. The van der Waals surface area contributed by atoms with Gasteiger partial charge in [0.15, 0.2) is 0 Å². The first-order valence-electron chi connectivity index (χ1n) is 1.97. The van der Waals surface area contributed by atoms with Crippen LogP contribution >= 0.6 is 0 Å². The van der Waals surface area contributed by atoms with Gasteiger partial charge in [0, 0.05) is 16.5 Å². The van der Waals surface area contributed by atoms with Crippen molar-refractivity contribution < 1.29 is 197 Å². The summed E-state index contributed by atoms with van der Waals surface area (Å²) < 4.78 is 93.9. The van der Waals surface area contributed by atoms with Crippen molar-refractivity contribution in [2.45, 2.75) is 0 Å². The Balaban J connectivity index is -0.0000000480. The number of hydrogen-bond donors (Lipinski definition) is 8. The van der Waals surface area contributed by atoms with E-state index >= 15 is 0 Å². The van der Waals surface area contributed by atoms with Crippen molar-refractivity contribution in [1.82, 2.24) is 0 Å². The number of rotatable bonds is 0. The molecule has 0 unspecified atom stereocenters. The zero-order valence-electron chi connectivity index (χ0n) is 8.28. The van der Waals surface area contributed by atoms with Crippen molar-refractivity contribution in [3.8, 4) is 0 Å². The van der Waals surface area contributed by atoms with Crippen LogP contribution in [0, 0.1) is 0 Å². The van der Waals surface area contributed by atoms with Crippen LogP contribution in [0.4, 0.5) is 0 Å². The topological polar surface area (TPSA) is 254 Å². The molecular weight excluding hydrogens is 583 g/mol. The van der Waals surface area contributed by atoms with Crippen LogP contribution in [0.25, 0.3) is 0 Å². The molecule has 0 aliphatic heterocycles. The molecule has 0 aromatic carbocycles. The van der Waals surface area contributed by atoms with E-state index in [0.29, 0.717) is 0 Å². The molecule has 12 nitrogen and oxygen atoms in total. The second-order valence-electron chi connectivity index (χ2n) is 2.14. The van der Waals surface area contributed by atoms with E-state index in [1.807, 2.05) is 0 Å². The molecule has 0 radical (unpaired) electrons. The molecule has 0 fully saturated rings. The maximum absolute atomic E-state index is 9.11. The van der Waals surface area contributed by atoms with Crippen LogP contribution in [0.2, 0.25) is 0 Å². The minimum atomic E-state index is -8.62. The van der Waals surface area contributed by atoms with Crippen LogP contribution in [0.1, 0.15) is 0 Å². The average Bonchev–Trinajstić information content (AvgIpc) is 0.938. The fourth-order valence-electron chi connectivity index (χ4n) is 0. The van der Waals surface area contributed by atoms with Crippen LogP contribution in [-0.2, 0) is 16.5 Å². The summed E-state index contributed by atoms with van der Waals surface area (Å²) in [5, 5.41) is 0. The molecule has 0 aliphatic carbocycles. The second-order valence-corrected chi connectivity index (χ2v) is 14.3. The molecule has 0 rings (SSSR count). The van der Waals surface area contributed by atoms with Crippen LogP contribution in [0.15, 0.2) is 0 Å². The van der Waals surface area contributed by atoms with E-state index in [1.165, 1.54) is 0 Å². The average molecular weight is 591 g/mol. The summed E-state index contributed by atoms with van der Waals surface area (Å²) in [5.41, 5.74) is 0. The predicted molar refractivity (Wildman–Crippen MR) is 17.8 cm³/mol. The van der Waals surface area contributed by atoms with Crippen molar-refractivity contribution in [3.63, 3.8) is 0 Å². The Hall–Kier alpha value is 4.75. The van der Waals surface area contributed by atoms with Gasteiger partial charge in [-0.2, -0.15) is 0 Å². The minimum absolute atomic E-state index is 0. The third-order valence-corrected chi connectivity index (χ3v) is 0. The van der Waals surface area contributed by atoms with E-state index in [0.717, 1.165) is 0 Å². The Bertz CT molecular complexity index is 170. The summed E-state index contributed by atoms with van der Waals surface area (Å²) >= 11 is -17.2. The predicted octanol–water partition coefficient (Wildman–Crippen LogP) is -21.2.